The second kappa shape index (κ2) is 11.1. The number of thiazole rings is 1. The van der Waals surface area contributed by atoms with Gasteiger partial charge in [0.05, 0.1) is 16.2 Å². The van der Waals surface area contributed by atoms with Gasteiger partial charge >= 0.3 is 6.61 Å². The molecular weight excluding hydrogens is 548 g/mol. The highest BCUT2D eigenvalue weighted by Gasteiger charge is 2.31. The predicted octanol–water partition coefficient (Wildman–Crippen LogP) is 4.99. The quantitative estimate of drug-likeness (QED) is 0.365. The van der Waals surface area contributed by atoms with Gasteiger partial charge < -0.3 is 15.2 Å². The Hall–Kier alpha value is -1.86. The monoisotopic (exact) mass is 579 g/mol. The summed E-state index contributed by atoms with van der Waals surface area (Å²) in [4.78, 5) is 17.2. The van der Waals surface area contributed by atoms with Crippen LogP contribution < -0.4 is 14.8 Å². The number of benzene rings is 1. The highest BCUT2D eigenvalue weighted by Crippen LogP contribution is 2.45. The van der Waals surface area contributed by atoms with Crippen molar-refractivity contribution in [1.82, 2.24) is 15.0 Å². The Morgan fingerprint density at radius 2 is 1.92 bits per heavy atom. The summed E-state index contributed by atoms with van der Waals surface area (Å²) in [6.45, 7) is 4.71. The molecule has 2 aromatic rings. The second-order valence-electron chi connectivity index (χ2n) is 10.8. The first-order valence-corrected chi connectivity index (χ1v) is 14.5. The van der Waals surface area contributed by atoms with E-state index in [0.29, 0.717) is 22.9 Å². The van der Waals surface area contributed by atoms with E-state index in [4.69, 9.17) is 16.3 Å². The maximum Gasteiger partial charge on any atom is 0.387 e. The summed E-state index contributed by atoms with van der Waals surface area (Å²) in [7, 11) is -4.17. The molecule has 0 radical (unpaired) electrons. The Labute approximate surface area is 224 Å². The van der Waals surface area contributed by atoms with Crippen LogP contribution in [0.5, 0.6) is 5.75 Å². The fourth-order valence-corrected chi connectivity index (χ4v) is 6.76. The highest BCUT2D eigenvalue weighted by molar-refractivity contribution is 7.89. The number of carbonyl (C=O) groups excluding carboxylic acids is 1. The van der Waals surface area contributed by atoms with Crippen LogP contribution in [0.4, 0.5) is 8.78 Å². The molecule has 1 heterocycles. The van der Waals surface area contributed by atoms with Gasteiger partial charge in [0, 0.05) is 17.6 Å². The Bertz CT molecular complexity index is 1250. The molecule has 37 heavy (non-hydrogen) atoms. The highest BCUT2D eigenvalue weighted by atomic mass is 35.5. The minimum atomic E-state index is -4.17. The minimum Gasteiger partial charge on any atom is -0.432 e. The maximum atomic E-state index is 13.5. The number of aromatic nitrogens is 1. The number of aliphatic hydroxyl groups is 1. The molecule has 3 N–H and O–H groups in total. The van der Waals surface area contributed by atoms with E-state index in [9.17, 15) is 27.1 Å². The molecule has 1 aromatic carbocycles. The van der Waals surface area contributed by atoms with Crippen LogP contribution in [0.3, 0.4) is 0 Å². The summed E-state index contributed by atoms with van der Waals surface area (Å²) in [5.41, 5.74) is -1.35. The lowest BCUT2D eigenvalue weighted by Crippen LogP contribution is -2.40. The lowest BCUT2D eigenvalue weighted by atomic mass is 9.82. The molecule has 0 aliphatic heterocycles. The normalized spacial score (nSPS) is 15.1. The molecule has 13 heteroatoms. The second-order valence-corrected chi connectivity index (χ2v) is 13.8. The van der Waals surface area contributed by atoms with Gasteiger partial charge in [0.2, 0.25) is 10.0 Å². The van der Waals surface area contributed by atoms with Gasteiger partial charge in [-0.2, -0.15) is 8.78 Å². The van der Waals surface area contributed by atoms with E-state index >= 15 is 0 Å². The topological polar surface area (TPSA) is 118 Å². The van der Waals surface area contributed by atoms with Crippen LogP contribution in [0.15, 0.2) is 17.0 Å². The van der Waals surface area contributed by atoms with E-state index in [2.05, 4.69) is 15.0 Å². The third-order valence-corrected chi connectivity index (χ3v) is 8.94. The Balaban J connectivity index is 2.12. The molecule has 3 rings (SSSR count). The average molecular weight is 580 g/mol. The molecule has 206 valence electrons. The van der Waals surface area contributed by atoms with Gasteiger partial charge in [0.15, 0.2) is 10.8 Å². The largest absolute Gasteiger partial charge is 0.432 e. The van der Waals surface area contributed by atoms with Gasteiger partial charge in [0.25, 0.3) is 5.91 Å². The van der Waals surface area contributed by atoms with E-state index in [1.807, 2.05) is 0 Å². The smallest absolute Gasteiger partial charge is 0.387 e. The van der Waals surface area contributed by atoms with Crippen molar-refractivity contribution in [2.24, 2.45) is 5.92 Å². The number of amides is 1. The summed E-state index contributed by atoms with van der Waals surface area (Å²) in [5, 5.41) is 12.1. The Morgan fingerprint density at radius 3 is 2.43 bits per heavy atom. The van der Waals surface area contributed by atoms with Crippen LogP contribution in [0.1, 0.15) is 69.4 Å². The van der Waals surface area contributed by atoms with Crippen molar-refractivity contribution < 1.29 is 31.8 Å². The minimum absolute atomic E-state index is 0.0163. The average Bonchev–Trinajstić information content (AvgIpc) is 3.11. The fraction of sp³-hybridized carbons (Fsp3) is 0.583. The first kappa shape index (κ1) is 29.7. The van der Waals surface area contributed by atoms with Crippen molar-refractivity contribution in [2.45, 2.75) is 82.9 Å². The maximum absolute atomic E-state index is 13.5. The van der Waals surface area contributed by atoms with E-state index in [1.54, 1.807) is 34.6 Å². The van der Waals surface area contributed by atoms with Crippen LogP contribution >= 0.6 is 22.9 Å². The molecule has 1 saturated carbocycles. The molecule has 0 atom stereocenters. The zero-order chi connectivity index (χ0) is 27.8. The zero-order valence-corrected chi connectivity index (χ0v) is 23.7. The molecule has 0 bridgehead atoms. The molecule has 8 nitrogen and oxygen atoms in total. The number of carbonyl (C=O) groups is 1. The van der Waals surface area contributed by atoms with Gasteiger partial charge in [-0.1, -0.05) is 30.9 Å². The number of nitrogens with zero attached hydrogens (tertiary/aromatic N) is 1. The SMILES string of the molecule is CC(C)(O)CNC(=O)c1nc(CC2CCC2)c(-c2ccc(S(=O)(=O)NC(C)(C)C)c(Cl)c2OC(F)F)s1. The zero-order valence-electron chi connectivity index (χ0n) is 21.3. The van der Waals surface area contributed by atoms with Crippen LogP contribution in [-0.4, -0.2) is 48.7 Å². The third kappa shape index (κ3) is 7.82. The lowest BCUT2D eigenvalue weighted by Gasteiger charge is -2.25. The van der Waals surface area contributed by atoms with E-state index in [-0.39, 0.29) is 17.1 Å². The third-order valence-electron chi connectivity index (χ3n) is 5.52. The number of hydrogen-bond donors (Lipinski definition) is 3. The van der Waals surface area contributed by atoms with Crippen molar-refractivity contribution in [3.63, 3.8) is 0 Å². The number of alkyl halides is 2. The number of nitrogens with one attached hydrogen (secondary N) is 2. The molecule has 1 aromatic heterocycles. The molecule has 0 saturated heterocycles. The summed E-state index contributed by atoms with van der Waals surface area (Å²) >= 11 is 7.35. The lowest BCUT2D eigenvalue weighted by molar-refractivity contribution is -0.0495. The van der Waals surface area contributed by atoms with Gasteiger partial charge in [-0.05, 0) is 59.1 Å². The molecular formula is C24H32ClF2N3O5S2. The van der Waals surface area contributed by atoms with Crippen LogP contribution in [-0.2, 0) is 16.4 Å². The first-order chi connectivity index (χ1) is 17.0. The first-order valence-electron chi connectivity index (χ1n) is 11.8. The van der Waals surface area contributed by atoms with Crippen molar-refractivity contribution >= 4 is 38.9 Å². The van der Waals surface area contributed by atoms with E-state index in [0.717, 1.165) is 30.6 Å². The Morgan fingerprint density at radius 1 is 1.27 bits per heavy atom. The number of rotatable bonds is 10. The molecule has 1 fully saturated rings. The van der Waals surface area contributed by atoms with Crippen molar-refractivity contribution in [1.29, 1.82) is 0 Å². The molecule has 0 spiro atoms. The van der Waals surface area contributed by atoms with Crippen molar-refractivity contribution in [3.05, 3.63) is 27.9 Å². The number of halogens is 3. The summed E-state index contributed by atoms with van der Waals surface area (Å²) in [6.07, 6.45) is 3.55. The molecule has 1 amide bonds. The number of sulfonamides is 1. The number of hydrogen-bond acceptors (Lipinski definition) is 7. The van der Waals surface area contributed by atoms with Crippen LogP contribution in [0.2, 0.25) is 5.02 Å². The fourth-order valence-electron chi connectivity index (χ4n) is 3.73. The Kier molecular flexibility index (Phi) is 8.90. The van der Waals surface area contributed by atoms with E-state index < -0.39 is 49.3 Å². The summed E-state index contributed by atoms with van der Waals surface area (Å²) < 4.78 is 60.0. The van der Waals surface area contributed by atoms with Gasteiger partial charge in [-0.15, -0.1) is 11.3 Å². The van der Waals surface area contributed by atoms with Gasteiger partial charge in [0.1, 0.15) is 9.92 Å². The van der Waals surface area contributed by atoms with Gasteiger partial charge in [-0.25, -0.2) is 18.1 Å². The molecule has 1 aliphatic rings. The molecule has 0 unspecified atom stereocenters. The van der Waals surface area contributed by atoms with Gasteiger partial charge in [-0.3, -0.25) is 4.79 Å². The van der Waals surface area contributed by atoms with Crippen LogP contribution in [0.25, 0.3) is 10.4 Å². The number of ether oxygens (including phenoxy) is 1. The van der Waals surface area contributed by atoms with Crippen LogP contribution in [0, 0.1) is 5.92 Å². The van der Waals surface area contributed by atoms with Crippen molar-refractivity contribution in [3.8, 4) is 16.2 Å². The summed E-state index contributed by atoms with van der Waals surface area (Å²) in [6, 6.07) is 2.57. The predicted molar refractivity (Wildman–Crippen MR) is 139 cm³/mol. The summed E-state index contributed by atoms with van der Waals surface area (Å²) in [5.74, 6) is -0.696. The van der Waals surface area contributed by atoms with E-state index in [1.165, 1.54) is 12.1 Å². The van der Waals surface area contributed by atoms with Crippen molar-refractivity contribution in [2.75, 3.05) is 6.54 Å². The molecule has 1 aliphatic carbocycles. The standard InChI is InChI=1S/C24H32ClF2N3O5S2/c1-23(2,3)30-37(33,34)16-10-9-14(18(17(16)25)35-22(26)27)19-15(11-13-7-6-8-13)29-21(36-19)20(31)28-12-24(4,5)32/h9-10,13,22,30,32H,6-8,11-12H2,1-5H3,(H,28,31).